The summed E-state index contributed by atoms with van der Waals surface area (Å²) in [6.07, 6.45) is 0. The second-order valence-electron chi connectivity index (χ2n) is 6.42. The van der Waals surface area contributed by atoms with E-state index in [0.717, 1.165) is 9.56 Å². The summed E-state index contributed by atoms with van der Waals surface area (Å²) in [6, 6.07) is 12.9. The molecule has 0 bridgehead atoms. The van der Waals surface area contributed by atoms with Gasteiger partial charge in [0.05, 0.1) is 19.3 Å². The molecule has 0 N–H and O–H groups in total. The molecule has 0 atom stereocenters. The van der Waals surface area contributed by atoms with E-state index in [1.807, 2.05) is 23.6 Å². The lowest BCUT2D eigenvalue weighted by atomic mass is 10.1. The van der Waals surface area contributed by atoms with E-state index in [1.165, 1.54) is 0 Å². The zero-order chi connectivity index (χ0) is 21.0. The molecule has 2 aromatic heterocycles. The number of methoxy groups -OCH3 is 1. The molecule has 3 rings (SSSR count). The molecule has 148 valence electrons. The summed E-state index contributed by atoms with van der Waals surface area (Å²) >= 11 is 1.55. The van der Waals surface area contributed by atoms with E-state index >= 15 is 0 Å². The standard InChI is InChI=1S/C21H20N4O3S/c1-14-15(2)23-25(21(27)19(14)11-22)13-20(26)24(12-18-5-4-10-29-18)16-6-8-17(28-3)9-7-16/h4-10H,12-13H2,1-3H3. The largest absolute Gasteiger partial charge is 0.497 e. The van der Waals surface area contributed by atoms with Crippen LogP contribution in [-0.4, -0.2) is 22.8 Å². The van der Waals surface area contributed by atoms with Crippen LogP contribution in [0.15, 0.2) is 46.6 Å². The molecule has 1 aromatic carbocycles. The van der Waals surface area contributed by atoms with Crippen molar-refractivity contribution in [1.82, 2.24) is 9.78 Å². The quantitative estimate of drug-likeness (QED) is 0.626. The van der Waals surface area contributed by atoms with Gasteiger partial charge in [-0.2, -0.15) is 10.4 Å². The summed E-state index contributed by atoms with van der Waals surface area (Å²) < 4.78 is 6.25. The molecule has 0 saturated heterocycles. The van der Waals surface area contributed by atoms with Crippen molar-refractivity contribution in [2.45, 2.75) is 26.9 Å². The van der Waals surface area contributed by atoms with Gasteiger partial charge < -0.3 is 9.64 Å². The highest BCUT2D eigenvalue weighted by molar-refractivity contribution is 7.09. The number of hydrogen-bond acceptors (Lipinski definition) is 6. The van der Waals surface area contributed by atoms with Crippen molar-refractivity contribution >= 4 is 22.9 Å². The highest BCUT2D eigenvalue weighted by atomic mass is 32.1. The zero-order valence-electron chi connectivity index (χ0n) is 16.4. The third kappa shape index (κ3) is 4.36. The van der Waals surface area contributed by atoms with Crippen LogP contribution >= 0.6 is 11.3 Å². The number of thiophene rings is 1. The van der Waals surface area contributed by atoms with Crippen LogP contribution in [0.3, 0.4) is 0 Å². The lowest BCUT2D eigenvalue weighted by Gasteiger charge is -2.23. The normalized spacial score (nSPS) is 10.4. The fourth-order valence-corrected chi connectivity index (χ4v) is 3.56. The van der Waals surface area contributed by atoms with Crippen LogP contribution in [0.5, 0.6) is 5.75 Å². The first-order chi connectivity index (χ1) is 13.9. The third-order valence-corrected chi connectivity index (χ3v) is 5.47. The second-order valence-corrected chi connectivity index (χ2v) is 7.45. The summed E-state index contributed by atoms with van der Waals surface area (Å²) in [6.45, 7) is 3.50. The number of anilines is 1. The van der Waals surface area contributed by atoms with Crippen molar-refractivity contribution in [3.05, 3.63) is 73.8 Å². The Labute approximate surface area is 172 Å². The summed E-state index contributed by atoms with van der Waals surface area (Å²) in [5, 5.41) is 15.4. The maximum atomic E-state index is 13.2. The van der Waals surface area contributed by atoms with Gasteiger partial charge in [-0.05, 0) is 55.1 Å². The average molecular weight is 408 g/mol. The number of amides is 1. The van der Waals surface area contributed by atoms with Crippen molar-refractivity contribution in [3.63, 3.8) is 0 Å². The van der Waals surface area contributed by atoms with Gasteiger partial charge >= 0.3 is 0 Å². The lowest BCUT2D eigenvalue weighted by Crippen LogP contribution is -2.38. The van der Waals surface area contributed by atoms with Gasteiger partial charge in [0.2, 0.25) is 5.91 Å². The summed E-state index contributed by atoms with van der Waals surface area (Å²) in [5.41, 5.74) is 1.21. The van der Waals surface area contributed by atoms with E-state index in [9.17, 15) is 14.9 Å². The maximum absolute atomic E-state index is 13.2. The van der Waals surface area contributed by atoms with Crippen molar-refractivity contribution < 1.29 is 9.53 Å². The predicted octanol–water partition coefficient (Wildman–Crippen LogP) is 3.04. The molecule has 0 unspecified atom stereocenters. The van der Waals surface area contributed by atoms with Crippen molar-refractivity contribution in [3.8, 4) is 11.8 Å². The van der Waals surface area contributed by atoms with Gasteiger partial charge in [0, 0.05) is 10.6 Å². The molecule has 0 aliphatic carbocycles. The number of benzene rings is 1. The van der Waals surface area contributed by atoms with Crippen LogP contribution in [-0.2, 0) is 17.9 Å². The first-order valence-electron chi connectivity index (χ1n) is 8.89. The van der Waals surface area contributed by atoms with Crippen LogP contribution in [0.2, 0.25) is 0 Å². The molecule has 1 amide bonds. The molecule has 0 aliphatic heterocycles. The smallest absolute Gasteiger partial charge is 0.285 e. The SMILES string of the molecule is COc1ccc(N(Cc2cccs2)C(=O)Cn2nc(C)c(C)c(C#N)c2=O)cc1. The van der Waals surface area contributed by atoms with Crippen LogP contribution in [0.4, 0.5) is 5.69 Å². The topological polar surface area (TPSA) is 88.2 Å². The maximum Gasteiger partial charge on any atom is 0.285 e. The fraction of sp³-hybridized carbons (Fsp3) is 0.238. The fourth-order valence-electron chi connectivity index (χ4n) is 2.87. The first-order valence-corrected chi connectivity index (χ1v) is 9.77. The minimum atomic E-state index is -0.560. The summed E-state index contributed by atoms with van der Waals surface area (Å²) in [4.78, 5) is 28.3. The summed E-state index contributed by atoms with van der Waals surface area (Å²) in [7, 11) is 1.58. The van der Waals surface area contributed by atoms with Crippen LogP contribution < -0.4 is 15.2 Å². The molecular weight excluding hydrogens is 388 g/mol. The van der Waals surface area contributed by atoms with E-state index < -0.39 is 5.56 Å². The number of rotatable bonds is 6. The molecule has 0 fully saturated rings. The Kier molecular flexibility index (Phi) is 6.10. The van der Waals surface area contributed by atoms with E-state index in [-0.39, 0.29) is 18.0 Å². The third-order valence-electron chi connectivity index (χ3n) is 4.61. The average Bonchev–Trinajstić information content (AvgIpc) is 3.24. The van der Waals surface area contributed by atoms with E-state index in [0.29, 0.717) is 29.2 Å². The van der Waals surface area contributed by atoms with Crippen molar-refractivity contribution in [2.75, 3.05) is 12.0 Å². The number of carbonyl (C=O) groups is 1. The number of nitriles is 1. The van der Waals surface area contributed by atoms with Crippen LogP contribution in [0.25, 0.3) is 0 Å². The van der Waals surface area contributed by atoms with Gasteiger partial charge in [-0.15, -0.1) is 11.3 Å². The predicted molar refractivity (Wildman–Crippen MR) is 111 cm³/mol. The summed E-state index contributed by atoms with van der Waals surface area (Å²) in [5.74, 6) is 0.383. The molecule has 0 aliphatic rings. The van der Waals surface area contributed by atoms with Crippen LogP contribution in [0.1, 0.15) is 21.7 Å². The van der Waals surface area contributed by atoms with Crippen LogP contribution in [0, 0.1) is 25.2 Å². The Morgan fingerprint density at radius 1 is 1.28 bits per heavy atom. The number of hydrogen-bond donors (Lipinski definition) is 0. The molecule has 7 nitrogen and oxygen atoms in total. The number of ether oxygens (including phenoxy) is 1. The van der Waals surface area contributed by atoms with E-state index in [4.69, 9.17) is 4.74 Å². The molecule has 0 spiro atoms. The van der Waals surface area contributed by atoms with Crippen molar-refractivity contribution in [2.24, 2.45) is 0 Å². The number of aryl methyl sites for hydroxylation is 1. The van der Waals surface area contributed by atoms with E-state index in [2.05, 4.69) is 5.10 Å². The van der Waals surface area contributed by atoms with Gasteiger partial charge in [-0.25, -0.2) is 4.68 Å². The first kappa shape index (κ1) is 20.3. The molecule has 3 aromatic rings. The molecule has 0 radical (unpaired) electrons. The number of aromatic nitrogens is 2. The molecule has 2 heterocycles. The highest BCUT2D eigenvalue weighted by Crippen LogP contribution is 2.23. The molecular formula is C21H20N4O3S. The Hall–Kier alpha value is -3.44. The zero-order valence-corrected chi connectivity index (χ0v) is 17.2. The highest BCUT2D eigenvalue weighted by Gasteiger charge is 2.20. The lowest BCUT2D eigenvalue weighted by molar-refractivity contribution is -0.119. The number of nitrogens with zero attached hydrogens (tertiary/aromatic N) is 4. The molecule has 8 heteroatoms. The molecule has 29 heavy (non-hydrogen) atoms. The second kappa shape index (κ2) is 8.71. The van der Waals surface area contributed by atoms with Gasteiger partial charge in [0.1, 0.15) is 23.9 Å². The Morgan fingerprint density at radius 2 is 2.00 bits per heavy atom. The van der Waals surface area contributed by atoms with Crippen molar-refractivity contribution in [1.29, 1.82) is 5.26 Å². The Morgan fingerprint density at radius 3 is 2.59 bits per heavy atom. The van der Waals surface area contributed by atoms with Gasteiger partial charge in [-0.3, -0.25) is 9.59 Å². The van der Waals surface area contributed by atoms with E-state index in [1.54, 1.807) is 61.5 Å². The Balaban J connectivity index is 1.96. The number of carbonyl (C=O) groups excluding carboxylic acids is 1. The monoisotopic (exact) mass is 408 g/mol. The minimum Gasteiger partial charge on any atom is -0.497 e. The Bertz CT molecular complexity index is 1110. The molecule has 0 saturated carbocycles. The minimum absolute atomic E-state index is 0.0135. The van der Waals surface area contributed by atoms with Gasteiger partial charge in [0.15, 0.2) is 0 Å². The van der Waals surface area contributed by atoms with Gasteiger partial charge in [-0.1, -0.05) is 6.07 Å². The van der Waals surface area contributed by atoms with Gasteiger partial charge in [0.25, 0.3) is 5.56 Å².